The molecular formula is C20H26F3N3O2. The first-order valence-corrected chi connectivity index (χ1v) is 9.33. The summed E-state index contributed by atoms with van der Waals surface area (Å²) >= 11 is 0. The Labute approximate surface area is 163 Å². The van der Waals surface area contributed by atoms with Gasteiger partial charge in [0.2, 0.25) is 0 Å². The van der Waals surface area contributed by atoms with Crippen LogP contribution in [0.2, 0.25) is 0 Å². The summed E-state index contributed by atoms with van der Waals surface area (Å²) in [6.07, 6.45) is -1.36. The van der Waals surface area contributed by atoms with Crippen LogP contribution >= 0.6 is 0 Å². The number of benzene rings is 1. The van der Waals surface area contributed by atoms with Gasteiger partial charge in [0.05, 0.1) is 12.7 Å². The van der Waals surface area contributed by atoms with Crippen LogP contribution in [0.4, 0.5) is 24.7 Å². The van der Waals surface area contributed by atoms with Crippen molar-refractivity contribution in [2.24, 2.45) is 0 Å². The molecule has 0 amide bonds. The Kier molecular flexibility index (Phi) is 7.48. The van der Waals surface area contributed by atoms with Gasteiger partial charge in [-0.3, -0.25) is 0 Å². The topological polar surface area (TPSA) is 47.5 Å². The molecule has 1 heterocycles. The number of alkyl halides is 3. The maximum Gasteiger partial charge on any atom is 0.421 e. The highest BCUT2D eigenvalue weighted by Gasteiger charge is 2.36. The van der Waals surface area contributed by atoms with Crippen molar-refractivity contribution in [2.45, 2.75) is 52.3 Å². The van der Waals surface area contributed by atoms with Gasteiger partial charge in [0.25, 0.3) is 0 Å². The van der Waals surface area contributed by atoms with Gasteiger partial charge in [-0.1, -0.05) is 20.3 Å². The average Bonchev–Trinajstić information content (AvgIpc) is 2.67. The van der Waals surface area contributed by atoms with Gasteiger partial charge in [0.1, 0.15) is 11.3 Å². The van der Waals surface area contributed by atoms with E-state index in [1.54, 1.807) is 24.3 Å². The number of anilines is 2. The largest absolute Gasteiger partial charge is 0.494 e. The first kappa shape index (κ1) is 21.8. The van der Waals surface area contributed by atoms with Crippen molar-refractivity contribution in [3.63, 3.8) is 0 Å². The van der Waals surface area contributed by atoms with E-state index in [-0.39, 0.29) is 17.9 Å². The molecule has 154 valence electrons. The molecule has 0 saturated carbocycles. The highest BCUT2D eigenvalue weighted by Crippen LogP contribution is 2.38. The monoisotopic (exact) mass is 397 g/mol. The second kappa shape index (κ2) is 9.61. The lowest BCUT2D eigenvalue weighted by molar-refractivity contribution is -0.137. The van der Waals surface area contributed by atoms with Crippen LogP contribution in [0.1, 0.15) is 45.6 Å². The Morgan fingerprint density at radius 3 is 2.39 bits per heavy atom. The van der Waals surface area contributed by atoms with Crippen LogP contribution in [0.15, 0.2) is 30.5 Å². The molecule has 28 heavy (non-hydrogen) atoms. The third kappa shape index (κ3) is 5.74. The predicted molar refractivity (Wildman–Crippen MR) is 102 cm³/mol. The van der Waals surface area contributed by atoms with Crippen molar-refractivity contribution < 1.29 is 22.6 Å². The summed E-state index contributed by atoms with van der Waals surface area (Å²) < 4.78 is 51.5. The molecule has 0 bridgehead atoms. The summed E-state index contributed by atoms with van der Waals surface area (Å²) in [7, 11) is 1.53. The highest BCUT2D eigenvalue weighted by atomic mass is 19.4. The number of halogens is 3. The van der Waals surface area contributed by atoms with Crippen LogP contribution < -0.4 is 14.4 Å². The van der Waals surface area contributed by atoms with Crippen LogP contribution in [0.25, 0.3) is 0 Å². The maximum absolute atomic E-state index is 13.5. The zero-order valence-corrected chi connectivity index (χ0v) is 16.6. The summed E-state index contributed by atoms with van der Waals surface area (Å²) in [6.45, 7) is 6.39. The number of hydrogen-bond acceptors (Lipinski definition) is 5. The van der Waals surface area contributed by atoms with E-state index in [2.05, 4.69) is 16.9 Å². The second-order valence-electron chi connectivity index (χ2n) is 6.48. The van der Waals surface area contributed by atoms with Gasteiger partial charge >= 0.3 is 12.2 Å². The fourth-order valence-corrected chi connectivity index (χ4v) is 2.36. The van der Waals surface area contributed by atoms with Gasteiger partial charge in [0.15, 0.2) is 5.82 Å². The van der Waals surface area contributed by atoms with Gasteiger partial charge in [-0.15, -0.1) is 0 Å². The van der Waals surface area contributed by atoms with Gasteiger partial charge in [0, 0.05) is 18.9 Å². The number of rotatable bonds is 9. The number of unbranched alkanes of at least 4 members (excludes halogenated alkanes) is 1. The standard InChI is InChI=1S/C20H26F3N3O2/c1-5-7-12-27-16-10-8-15(9-11-16)26(4)18-17(20(21,22)23)13-24-19(25-18)28-14(3)6-2/h8-11,13-14H,5-7,12H2,1-4H3. The summed E-state index contributed by atoms with van der Waals surface area (Å²) in [6, 6.07) is 6.76. The summed E-state index contributed by atoms with van der Waals surface area (Å²) in [5.41, 5.74) is -0.378. The average molecular weight is 397 g/mol. The summed E-state index contributed by atoms with van der Waals surface area (Å²) in [5.74, 6) is 0.408. The highest BCUT2D eigenvalue weighted by molar-refractivity contribution is 5.63. The van der Waals surface area contributed by atoms with Crippen LogP contribution in [0.3, 0.4) is 0 Å². The van der Waals surface area contributed by atoms with Crippen LogP contribution in [0.5, 0.6) is 11.8 Å². The van der Waals surface area contributed by atoms with E-state index in [4.69, 9.17) is 9.47 Å². The fourth-order valence-electron chi connectivity index (χ4n) is 2.36. The minimum Gasteiger partial charge on any atom is -0.494 e. The third-order valence-corrected chi connectivity index (χ3v) is 4.24. The fraction of sp³-hybridized carbons (Fsp3) is 0.500. The van der Waals surface area contributed by atoms with Crippen LogP contribution in [-0.4, -0.2) is 29.7 Å². The second-order valence-corrected chi connectivity index (χ2v) is 6.48. The Morgan fingerprint density at radius 2 is 1.82 bits per heavy atom. The van der Waals surface area contributed by atoms with Gasteiger partial charge in [-0.05, 0) is 44.0 Å². The molecule has 8 heteroatoms. The van der Waals surface area contributed by atoms with Crippen LogP contribution in [-0.2, 0) is 6.18 Å². The number of ether oxygens (including phenoxy) is 2. The number of hydrogen-bond donors (Lipinski definition) is 0. The van der Waals surface area contributed by atoms with Crippen LogP contribution in [0, 0.1) is 0 Å². The van der Waals surface area contributed by atoms with E-state index in [0.717, 1.165) is 19.0 Å². The van der Waals surface area contributed by atoms with E-state index in [9.17, 15) is 13.2 Å². The molecule has 2 rings (SSSR count). The quantitative estimate of drug-likeness (QED) is 0.514. The molecule has 1 atom stereocenters. The van der Waals surface area contributed by atoms with Crippen molar-refractivity contribution in [1.82, 2.24) is 9.97 Å². The molecule has 0 aliphatic carbocycles. The van der Waals surface area contributed by atoms with Gasteiger partial charge in [-0.2, -0.15) is 18.2 Å². The van der Waals surface area contributed by atoms with Crippen molar-refractivity contribution >= 4 is 11.5 Å². The number of aromatic nitrogens is 2. The lowest BCUT2D eigenvalue weighted by atomic mass is 10.2. The molecule has 1 aromatic heterocycles. The number of nitrogens with zero attached hydrogens (tertiary/aromatic N) is 3. The van der Waals surface area contributed by atoms with Crippen molar-refractivity contribution in [3.05, 3.63) is 36.0 Å². The molecule has 2 aromatic rings. The smallest absolute Gasteiger partial charge is 0.421 e. The van der Waals surface area contributed by atoms with Crippen molar-refractivity contribution in [2.75, 3.05) is 18.6 Å². The Balaban J connectivity index is 2.30. The molecule has 0 saturated heterocycles. The molecule has 1 aromatic carbocycles. The molecular weight excluding hydrogens is 371 g/mol. The molecule has 0 radical (unpaired) electrons. The molecule has 5 nitrogen and oxygen atoms in total. The lowest BCUT2D eigenvalue weighted by Gasteiger charge is -2.23. The Bertz CT molecular complexity index is 751. The first-order chi connectivity index (χ1) is 13.3. The molecule has 0 fully saturated rings. The van der Waals surface area contributed by atoms with E-state index in [1.165, 1.54) is 11.9 Å². The van der Waals surface area contributed by atoms with Crippen molar-refractivity contribution in [1.29, 1.82) is 0 Å². The zero-order chi connectivity index (χ0) is 20.7. The predicted octanol–water partition coefficient (Wildman–Crippen LogP) is 5.62. The van der Waals surface area contributed by atoms with E-state index >= 15 is 0 Å². The van der Waals surface area contributed by atoms with E-state index in [0.29, 0.717) is 24.5 Å². The summed E-state index contributed by atoms with van der Waals surface area (Å²) in [5, 5.41) is 0. The van der Waals surface area contributed by atoms with E-state index in [1.807, 2.05) is 13.8 Å². The Morgan fingerprint density at radius 1 is 1.14 bits per heavy atom. The third-order valence-electron chi connectivity index (χ3n) is 4.24. The van der Waals surface area contributed by atoms with Crippen molar-refractivity contribution in [3.8, 4) is 11.8 Å². The SMILES string of the molecule is CCCCOc1ccc(N(C)c2nc(OC(C)CC)ncc2C(F)(F)F)cc1. The molecule has 1 unspecified atom stereocenters. The zero-order valence-electron chi connectivity index (χ0n) is 16.6. The molecule has 0 N–H and O–H groups in total. The molecule has 0 spiro atoms. The minimum atomic E-state index is -4.58. The lowest BCUT2D eigenvalue weighted by Crippen LogP contribution is -2.20. The van der Waals surface area contributed by atoms with E-state index < -0.39 is 11.7 Å². The normalized spacial score (nSPS) is 12.5. The van der Waals surface area contributed by atoms with Gasteiger partial charge < -0.3 is 14.4 Å². The Hall–Kier alpha value is -2.51. The van der Waals surface area contributed by atoms with Gasteiger partial charge in [-0.25, -0.2) is 4.98 Å². The molecule has 0 aliphatic heterocycles. The maximum atomic E-state index is 13.5. The summed E-state index contributed by atoms with van der Waals surface area (Å²) in [4.78, 5) is 9.12. The molecule has 0 aliphatic rings. The first-order valence-electron chi connectivity index (χ1n) is 9.33. The minimum absolute atomic E-state index is 0.0799.